The molecule has 0 bridgehead atoms. The molecule has 4 nitrogen and oxygen atoms in total. The van der Waals surface area contributed by atoms with Crippen molar-refractivity contribution >= 4 is 5.97 Å². The highest BCUT2D eigenvalue weighted by molar-refractivity contribution is 5.73. The van der Waals surface area contributed by atoms with Crippen LogP contribution in [-0.2, 0) is 4.79 Å². The summed E-state index contributed by atoms with van der Waals surface area (Å²) in [6.45, 7) is 3.94. The first-order valence-electron chi connectivity index (χ1n) is 4.81. The van der Waals surface area contributed by atoms with Crippen molar-refractivity contribution in [3.05, 3.63) is 0 Å². The molecule has 1 saturated heterocycles. The minimum absolute atomic E-state index is 0.189. The highest BCUT2D eigenvalue weighted by Crippen LogP contribution is 2.27. The van der Waals surface area contributed by atoms with Crippen molar-refractivity contribution in [2.75, 3.05) is 19.6 Å². The van der Waals surface area contributed by atoms with Crippen LogP contribution in [0.1, 0.15) is 19.8 Å². The number of hydrogen-bond acceptors (Lipinski definition) is 3. The van der Waals surface area contributed by atoms with E-state index < -0.39 is 17.7 Å². The minimum atomic E-state index is -2.17. The third-order valence-electron chi connectivity index (χ3n) is 2.86. The molecule has 0 aromatic rings. The Morgan fingerprint density at radius 1 is 1.57 bits per heavy atom. The van der Waals surface area contributed by atoms with Gasteiger partial charge in [0.05, 0.1) is 0 Å². The van der Waals surface area contributed by atoms with Crippen molar-refractivity contribution in [2.24, 2.45) is 0 Å². The number of carboxylic acids is 1. The second-order valence-corrected chi connectivity index (χ2v) is 3.74. The van der Waals surface area contributed by atoms with E-state index in [-0.39, 0.29) is 12.8 Å². The van der Waals surface area contributed by atoms with Crippen molar-refractivity contribution in [1.29, 1.82) is 0 Å². The minimum Gasteiger partial charge on any atom is -0.479 e. The molecule has 0 aromatic carbocycles. The zero-order valence-corrected chi connectivity index (χ0v) is 8.24. The lowest BCUT2D eigenvalue weighted by Gasteiger charge is -2.38. The largest absolute Gasteiger partial charge is 0.479 e. The summed E-state index contributed by atoms with van der Waals surface area (Å²) in [5.74, 6) is -1.57. The molecular weight excluding hydrogens is 189 g/mol. The molecule has 1 unspecified atom stereocenters. The predicted molar refractivity (Wildman–Crippen MR) is 48.8 cm³/mol. The smallest absolute Gasteiger partial charge is 0.341 e. The summed E-state index contributed by atoms with van der Waals surface area (Å²) in [4.78, 5) is 12.5. The van der Waals surface area contributed by atoms with E-state index in [0.29, 0.717) is 13.1 Å². The van der Waals surface area contributed by atoms with Crippen LogP contribution in [0, 0.1) is 0 Å². The predicted octanol–water partition coefficient (Wildman–Crippen LogP) is 0.256. The monoisotopic (exact) mass is 205 g/mol. The molecule has 1 heterocycles. The Morgan fingerprint density at radius 3 is 2.43 bits per heavy atom. The third-order valence-corrected chi connectivity index (χ3v) is 2.86. The van der Waals surface area contributed by atoms with Gasteiger partial charge in [-0.2, -0.15) is 0 Å². The summed E-state index contributed by atoms with van der Waals surface area (Å²) >= 11 is 0. The van der Waals surface area contributed by atoms with Gasteiger partial charge in [0.1, 0.15) is 5.60 Å². The standard InChI is InChI=1S/C9H16FNO3/c1-2-11-5-3-9(14,4-6-11)7(10)8(12)13/h7,14H,2-6H2,1H3,(H,12,13). The van der Waals surface area contributed by atoms with Gasteiger partial charge in [-0.05, 0) is 19.4 Å². The molecule has 14 heavy (non-hydrogen) atoms. The van der Waals surface area contributed by atoms with Gasteiger partial charge in [0.2, 0.25) is 6.17 Å². The molecule has 1 rings (SSSR count). The Kier molecular flexibility index (Phi) is 3.44. The van der Waals surface area contributed by atoms with Crippen LogP contribution in [0.4, 0.5) is 4.39 Å². The molecule has 82 valence electrons. The van der Waals surface area contributed by atoms with E-state index in [9.17, 15) is 14.3 Å². The van der Waals surface area contributed by atoms with Gasteiger partial charge >= 0.3 is 5.97 Å². The van der Waals surface area contributed by atoms with Gasteiger partial charge in [-0.25, -0.2) is 9.18 Å². The lowest BCUT2D eigenvalue weighted by Crippen LogP contribution is -2.52. The van der Waals surface area contributed by atoms with Crippen molar-refractivity contribution in [3.8, 4) is 0 Å². The second kappa shape index (κ2) is 4.23. The number of piperidine rings is 1. The van der Waals surface area contributed by atoms with E-state index in [4.69, 9.17) is 5.11 Å². The van der Waals surface area contributed by atoms with E-state index in [1.54, 1.807) is 0 Å². The van der Waals surface area contributed by atoms with E-state index >= 15 is 0 Å². The summed E-state index contributed by atoms with van der Waals surface area (Å²) in [5.41, 5.74) is -1.67. The number of carbonyl (C=O) groups is 1. The number of hydrogen-bond donors (Lipinski definition) is 2. The Bertz CT molecular complexity index is 214. The average molecular weight is 205 g/mol. The van der Waals surface area contributed by atoms with Crippen molar-refractivity contribution < 1.29 is 19.4 Å². The fourth-order valence-electron chi connectivity index (χ4n) is 1.74. The molecule has 1 aliphatic rings. The van der Waals surface area contributed by atoms with E-state index in [0.717, 1.165) is 6.54 Å². The number of alkyl halides is 1. The molecular formula is C9H16FNO3. The lowest BCUT2D eigenvalue weighted by molar-refractivity contribution is -0.158. The van der Waals surface area contributed by atoms with Crippen molar-refractivity contribution in [3.63, 3.8) is 0 Å². The molecule has 1 fully saturated rings. The van der Waals surface area contributed by atoms with E-state index in [2.05, 4.69) is 4.90 Å². The van der Waals surface area contributed by atoms with Crippen LogP contribution in [0.15, 0.2) is 0 Å². The topological polar surface area (TPSA) is 60.8 Å². The summed E-state index contributed by atoms with van der Waals surface area (Å²) in [6, 6.07) is 0. The molecule has 2 N–H and O–H groups in total. The third kappa shape index (κ3) is 2.22. The van der Waals surface area contributed by atoms with E-state index in [1.165, 1.54) is 0 Å². The molecule has 5 heteroatoms. The summed E-state index contributed by atoms with van der Waals surface area (Å²) in [5, 5.41) is 18.2. The molecule has 0 spiro atoms. The van der Waals surface area contributed by atoms with Gasteiger partial charge in [0, 0.05) is 13.1 Å². The number of aliphatic hydroxyl groups is 1. The summed E-state index contributed by atoms with van der Waals surface area (Å²) in [6.07, 6.45) is -1.79. The van der Waals surface area contributed by atoms with Crippen LogP contribution in [0.5, 0.6) is 0 Å². The molecule has 1 aliphatic heterocycles. The first-order valence-corrected chi connectivity index (χ1v) is 4.81. The fourth-order valence-corrected chi connectivity index (χ4v) is 1.74. The Morgan fingerprint density at radius 2 is 2.07 bits per heavy atom. The number of likely N-dealkylation sites (tertiary alicyclic amines) is 1. The SMILES string of the molecule is CCN1CCC(O)(C(F)C(=O)O)CC1. The van der Waals surface area contributed by atoms with Crippen molar-refractivity contribution in [1.82, 2.24) is 4.90 Å². The van der Waals surface area contributed by atoms with Gasteiger partial charge in [0.25, 0.3) is 0 Å². The zero-order valence-electron chi connectivity index (χ0n) is 8.24. The van der Waals surface area contributed by atoms with Gasteiger partial charge in [0.15, 0.2) is 0 Å². The molecule has 0 amide bonds. The highest BCUT2D eigenvalue weighted by atomic mass is 19.1. The number of aliphatic carboxylic acids is 1. The van der Waals surface area contributed by atoms with Gasteiger partial charge in [-0.1, -0.05) is 6.92 Å². The zero-order chi connectivity index (χ0) is 10.8. The van der Waals surface area contributed by atoms with E-state index in [1.807, 2.05) is 6.92 Å². The summed E-state index contributed by atoms with van der Waals surface area (Å²) in [7, 11) is 0. The first kappa shape index (κ1) is 11.4. The summed E-state index contributed by atoms with van der Waals surface area (Å²) < 4.78 is 13.2. The maximum absolute atomic E-state index is 13.2. The molecule has 0 saturated carbocycles. The van der Waals surface area contributed by atoms with Gasteiger partial charge in [-0.3, -0.25) is 0 Å². The lowest BCUT2D eigenvalue weighted by atomic mass is 9.87. The van der Waals surface area contributed by atoms with Crippen LogP contribution < -0.4 is 0 Å². The first-order chi connectivity index (χ1) is 6.49. The van der Waals surface area contributed by atoms with Crippen LogP contribution in [0.25, 0.3) is 0 Å². The molecule has 0 radical (unpaired) electrons. The van der Waals surface area contributed by atoms with Crippen molar-refractivity contribution in [2.45, 2.75) is 31.5 Å². The van der Waals surface area contributed by atoms with Gasteiger partial charge in [-0.15, -0.1) is 0 Å². The quantitative estimate of drug-likeness (QED) is 0.693. The van der Waals surface area contributed by atoms with Crippen LogP contribution in [0.3, 0.4) is 0 Å². The Hall–Kier alpha value is -0.680. The number of rotatable bonds is 3. The number of halogens is 1. The molecule has 1 atom stereocenters. The number of nitrogens with zero attached hydrogens (tertiary/aromatic N) is 1. The van der Waals surface area contributed by atoms with Gasteiger partial charge < -0.3 is 15.1 Å². The van der Waals surface area contributed by atoms with Crippen LogP contribution >= 0.6 is 0 Å². The maximum Gasteiger partial charge on any atom is 0.341 e. The second-order valence-electron chi connectivity index (χ2n) is 3.74. The highest BCUT2D eigenvalue weighted by Gasteiger charge is 2.44. The average Bonchev–Trinajstić information content (AvgIpc) is 2.18. The normalized spacial score (nSPS) is 24.5. The Balaban J connectivity index is 2.57. The van der Waals surface area contributed by atoms with Crippen LogP contribution in [-0.4, -0.2) is 52.5 Å². The maximum atomic E-state index is 13.2. The van der Waals surface area contributed by atoms with Crippen LogP contribution in [0.2, 0.25) is 0 Å². The Labute approximate surface area is 82.3 Å². The molecule has 0 aliphatic carbocycles. The fraction of sp³-hybridized carbons (Fsp3) is 0.889. The number of carboxylic acid groups (broad SMARTS) is 1. The molecule has 0 aromatic heterocycles.